The van der Waals surface area contributed by atoms with Crippen LogP contribution >= 0.6 is 11.3 Å². The highest BCUT2D eigenvalue weighted by atomic mass is 32.1. The predicted octanol–water partition coefficient (Wildman–Crippen LogP) is 3.26. The number of methoxy groups -OCH3 is 2. The van der Waals surface area contributed by atoms with Crippen molar-refractivity contribution in [3.05, 3.63) is 53.0 Å². The van der Waals surface area contributed by atoms with Crippen molar-refractivity contribution in [2.75, 3.05) is 27.4 Å². The van der Waals surface area contributed by atoms with E-state index in [1.165, 1.54) is 0 Å². The maximum Gasteiger partial charge on any atom is 0.251 e. The number of hydrogen-bond acceptors (Lipinski definition) is 6. The van der Waals surface area contributed by atoms with E-state index in [0.29, 0.717) is 36.8 Å². The molecule has 1 heterocycles. The van der Waals surface area contributed by atoms with Gasteiger partial charge in [0.15, 0.2) is 11.5 Å². The number of carbonyl (C=O) groups excluding carboxylic acids is 1. The van der Waals surface area contributed by atoms with Crippen molar-refractivity contribution in [3.8, 4) is 11.5 Å². The lowest BCUT2D eigenvalue weighted by Crippen LogP contribution is -2.22. The minimum Gasteiger partial charge on any atom is -0.493 e. The van der Waals surface area contributed by atoms with Crippen LogP contribution in [-0.2, 0) is 11.3 Å². The van der Waals surface area contributed by atoms with Gasteiger partial charge < -0.3 is 19.5 Å². The van der Waals surface area contributed by atoms with Crippen molar-refractivity contribution in [2.45, 2.75) is 6.54 Å². The second-order valence-corrected chi connectivity index (χ2v) is 6.43. The molecule has 3 rings (SSSR count). The fourth-order valence-corrected chi connectivity index (χ4v) is 3.12. The lowest BCUT2D eigenvalue weighted by Gasteiger charge is -2.12. The van der Waals surface area contributed by atoms with Crippen molar-refractivity contribution in [1.29, 1.82) is 0 Å². The molecule has 0 atom stereocenters. The van der Waals surface area contributed by atoms with Crippen LogP contribution in [0.2, 0.25) is 0 Å². The summed E-state index contributed by atoms with van der Waals surface area (Å²) in [5, 5.41) is 2.92. The van der Waals surface area contributed by atoms with E-state index in [2.05, 4.69) is 10.3 Å². The number of nitrogens with zero attached hydrogens (tertiary/aromatic N) is 1. The van der Waals surface area contributed by atoms with Crippen molar-refractivity contribution < 1.29 is 19.0 Å². The fourth-order valence-electron chi connectivity index (χ4n) is 2.46. The number of amides is 1. The highest BCUT2D eigenvalue weighted by molar-refractivity contribution is 7.16. The van der Waals surface area contributed by atoms with Gasteiger partial charge in [0, 0.05) is 19.2 Å². The topological polar surface area (TPSA) is 69.7 Å². The van der Waals surface area contributed by atoms with E-state index < -0.39 is 0 Å². The normalized spacial score (nSPS) is 10.7. The number of hydrogen-bond donors (Lipinski definition) is 1. The van der Waals surface area contributed by atoms with Gasteiger partial charge in [0.2, 0.25) is 0 Å². The molecule has 0 fully saturated rings. The van der Waals surface area contributed by atoms with Crippen molar-refractivity contribution >= 4 is 27.5 Å². The van der Waals surface area contributed by atoms with Crippen LogP contribution in [0.4, 0.5) is 0 Å². The molecule has 0 aliphatic rings. The van der Waals surface area contributed by atoms with E-state index in [9.17, 15) is 4.79 Å². The molecule has 0 bridgehead atoms. The zero-order chi connectivity index (χ0) is 18.4. The maximum atomic E-state index is 12.4. The molecule has 2 aromatic carbocycles. The third-order valence-corrected chi connectivity index (χ3v) is 4.63. The van der Waals surface area contributed by atoms with Crippen LogP contribution in [0.5, 0.6) is 11.5 Å². The average molecular weight is 372 g/mol. The predicted molar refractivity (Wildman–Crippen MR) is 101 cm³/mol. The molecule has 3 aromatic rings. The molecular weight excluding hydrogens is 352 g/mol. The van der Waals surface area contributed by atoms with Crippen LogP contribution in [0, 0.1) is 0 Å². The van der Waals surface area contributed by atoms with Gasteiger partial charge >= 0.3 is 0 Å². The summed E-state index contributed by atoms with van der Waals surface area (Å²) < 4.78 is 17.0. The number of ether oxygens (including phenoxy) is 3. The largest absolute Gasteiger partial charge is 0.493 e. The Morgan fingerprint density at radius 1 is 1.12 bits per heavy atom. The Morgan fingerprint density at radius 3 is 2.81 bits per heavy atom. The summed E-state index contributed by atoms with van der Waals surface area (Å²) >= 11 is 1.55. The Balaban J connectivity index is 1.63. The van der Waals surface area contributed by atoms with Crippen LogP contribution in [0.3, 0.4) is 0 Å². The van der Waals surface area contributed by atoms with Crippen LogP contribution in [0.1, 0.15) is 15.9 Å². The number of nitrogens with one attached hydrogen (secondary N) is 1. The minimum absolute atomic E-state index is 0.140. The molecule has 26 heavy (non-hydrogen) atoms. The molecule has 0 aliphatic heterocycles. The molecule has 0 spiro atoms. The first-order valence-electron chi connectivity index (χ1n) is 8.11. The van der Waals surface area contributed by atoms with Crippen molar-refractivity contribution in [2.24, 2.45) is 0 Å². The van der Waals surface area contributed by atoms with Gasteiger partial charge in [-0.3, -0.25) is 4.79 Å². The molecule has 1 amide bonds. The number of aromatic nitrogens is 1. The first-order chi connectivity index (χ1) is 12.7. The molecular formula is C19H20N2O4S. The lowest BCUT2D eigenvalue weighted by molar-refractivity contribution is 0.0951. The zero-order valence-corrected chi connectivity index (χ0v) is 15.5. The van der Waals surface area contributed by atoms with Crippen LogP contribution < -0.4 is 14.8 Å². The van der Waals surface area contributed by atoms with Crippen molar-refractivity contribution in [3.63, 3.8) is 0 Å². The van der Waals surface area contributed by atoms with E-state index >= 15 is 0 Å². The average Bonchev–Trinajstić information content (AvgIpc) is 3.14. The van der Waals surface area contributed by atoms with E-state index in [-0.39, 0.29) is 5.91 Å². The summed E-state index contributed by atoms with van der Waals surface area (Å²) in [6.45, 7) is 1.34. The van der Waals surface area contributed by atoms with Crippen LogP contribution in [0.25, 0.3) is 10.2 Å². The summed E-state index contributed by atoms with van der Waals surface area (Å²) in [5.41, 5.74) is 4.12. The van der Waals surface area contributed by atoms with Crippen LogP contribution in [-0.4, -0.2) is 38.3 Å². The second kappa shape index (κ2) is 8.64. The molecule has 0 radical (unpaired) electrons. The summed E-state index contributed by atoms with van der Waals surface area (Å²) in [6, 6.07) is 11.1. The molecule has 0 saturated heterocycles. The Kier molecular flexibility index (Phi) is 6.04. The lowest BCUT2D eigenvalue weighted by atomic mass is 10.1. The molecule has 0 aliphatic carbocycles. The third kappa shape index (κ3) is 4.30. The highest BCUT2D eigenvalue weighted by Crippen LogP contribution is 2.28. The van der Waals surface area contributed by atoms with E-state index in [0.717, 1.165) is 15.8 Å². The van der Waals surface area contributed by atoms with Crippen LogP contribution in [0.15, 0.2) is 41.9 Å². The fraction of sp³-hybridized carbons (Fsp3) is 0.263. The quantitative estimate of drug-likeness (QED) is 0.615. The summed E-state index contributed by atoms with van der Waals surface area (Å²) in [4.78, 5) is 16.6. The summed E-state index contributed by atoms with van der Waals surface area (Å²) in [7, 11) is 3.21. The van der Waals surface area contributed by atoms with Gasteiger partial charge in [-0.2, -0.15) is 0 Å². The minimum atomic E-state index is -0.140. The monoisotopic (exact) mass is 372 g/mol. The van der Waals surface area contributed by atoms with Crippen molar-refractivity contribution in [1.82, 2.24) is 10.3 Å². The van der Waals surface area contributed by atoms with Gasteiger partial charge in [0.05, 0.1) is 29.4 Å². The van der Waals surface area contributed by atoms with E-state index in [1.54, 1.807) is 37.1 Å². The number of fused-ring (bicyclic) bond motifs is 1. The number of thiazole rings is 1. The second-order valence-electron chi connectivity index (χ2n) is 5.54. The number of carbonyl (C=O) groups is 1. The Bertz CT molecular complexity index is 894. The Labute approximate surface area is 155 Å². The van der Waals surface area contributed by atoms with Gasteiger partial charge in [0.25, 0.3) is 5.91 Å². The van der Waals surface area contributed by atoms with Gasteiger partial charge in [-0.15, -0.1) is 11.3 Å². The summed E-state index contributed by atoms with van der Waals surface area (Å²) in [6.07, 6.45) is 0. The smallest absolute Gasteiger partial charge is 0.251 e. The molecule has 7 heteroatoms. The molecule has 1 aromatic heterocycles. The molecule has 6 nitrogen and oxygen atoms in total. The number of benzene rings is 2. The molecule has 136 valence electrons. The third-order valence-electron chi connectivity index (χ3n) is 3.82. The molecule has 0 saturated carbocycles. The molecule has 1 N–H and O–H groups in total. The Morgan fingerprint density at radius 2 is 2.00 bits per heavy atom. The highest BCUT2D eigenvalue weighted by Gasteiger charge is 2.10. The van der Waals surface area contributed by atoms with Gasteiger partial charge in [0.1, 0.15) is 6.61 Å². The van der Waals surface area contributed by atoms with Gasteiger partial charge in [-0.25, -0.2) is 4.98 Å². The van der Waals surface area contributed by atoms with Gasteiger partial charge in [-0.1, -0.05) is 6.07 Å². The summed E-state index contributed by atoms with van der Waals surface area (Å²) in [5.74, 6) is 1.13. The van der Waals surface area contributed by atoms with E-state index in [1.807, 2.05) is 30.3 Å². The van der Waals surface area contributed by atoms with Gasteiger partial charge in [-0.05, 0) is 35.9 Å². The Hall–Kier alpha value is -2.64. The standard InChI is InChI=1S/C19H20N2O4S/c1-23-7-8-25-16-5-3-13(9-17(16)24-2)11-20-19(22)14-4-6-18-15(10-14)21-12-26-18/h3-6,9-10,12H,7-8,11H2,1-2H3,(H,20,22). The van der Waals surface area contributed by atoms with E-state index in [4.69, 9.17) is 14.2 Å². The number of rotatable bonds is 8. The zero-order valence-electron chi connectivity index (χ0n) is 14.7. The molecule has 0 unspecified atom stereocenters. The first kappa shape index (κ1) is 18.2. The SMILES string of the molecule is COCCOc1ccc(CNC(=O)c2ccc3scnc3c2)cc1OC. The maximum absolute atomic E-state index is 12.4. The first-order valence-corrected chi connectivity index (χ1v) is 8.99.